The summed E-state index contributed by atoms with van der Waals surface area (Å²) in [5.41, 5.74) is 1.69. The fourth-order valence-corrected chi connectivity index (χ4v) is 4.00. The summed E-state index contributed by atoms with van der Waals surface area (Å²) < 4.78 is 24.5. The largest absolute Gasteiger partial charge is 0.507 e. The van der Waals surface area contributed by atoms with Crippen molar-refractivity contribution in [3.05, 3.63) is 47.8 Å². The highest BCUT2D eigenvalue weighted by Crippen LogP contribution is 2.35. The van der Waals surface area contributed by atoms with Crippen molar-refractivity contribution in [1.29, 1.82) is 0 Å². The maximum absolute atomic E-state index is 14.6. The first kappa shape index (κ1) is 22.7. The van der Waals surface area contributed by atoms with Gasteiger partial charge in [0.2, 0.25) is 0 Å². The first-order valence-corrected chi connectivity index (χ1v) is 10.9. The maximum atomic E-state index is 14.6. The first-order chi connectivity index (χ1) is 16.0. The van der Waals surface area contributed by atoms with Crippen LogP contribution in [-0.4, -0.2) is 61.1 Å². The molecular formula is C24H31FN4O4. The summed E-state index contributed by atoms with van der Waals surface area (Å²) in [4.78, 5) is 23.2. The van der Waals surface area contributed by atoms with Crippen molar-refractivity contribution < 1.29 is 26.6 Å². The zero-order valence-corrected chi connectivity index (χ0v) is 18.7. The van der Waals surface area contributed by atoms with Crippen LogP contribution in [0.1, 0.15) is 14.8 Å². The fraction of sp³-hybridized carbons (Fsp3) is 0.375. The van der Waals surface area contributed by atoms with Crippen LogP contribution >= 0.6 is 0 Å². The molecule has 1 atom stereocenters. The normalized spacial score (nSPS) is 15.7. The number of hydrogen-bond donors (Lipinski definition) is 2. The molecule has 0 bridgehead atoms. The van der Waals surface area contributed by atoms with Gasteiger partial charge in [-0.15, -0.1) is 0 Å². The van der Waals surface area contributed by atoms with E-state index < -0.39 is 11.9 Å². The number of phenolic OH excluding ortho intramolecular Hbond substituents is 1. The van der Waals surface area contributed by atoms with Crippen LogP contribution in [0.15, 0.2) is 36.4 Å². The molecule has 8 nitrogen and oxygen atoms in total. The Kier molecular flexibility index (Phi) is 6.88. The van der Waals surface area contributed by atoms with Crippen LogP contribution in [-0.2, 0) is 9.47 Å². The second kappa shape index (κ2) is 9.99. The average Bonchev–Trinajstić information content (AvgIpc) is 3.26. The second-order valence-electron chi connectivity index (χ2n) is 8.14. The number of fused-ring (bicyclic) bond motifs is 1. The minimum absolute atomic E-state index is 0. The molecule has 0 unspecified atom stereocenters. The molecule has 1 amide bonds. The van der Waals surface area contributed by atoms with E-state index in [4.69, 9.17) is 9.47 Å². The molecule has 0 aliphatic carbocycles. The molecule has 2 heterocycles. The predicted molar refractivity (Wildman–Crippen MR) is 127 cm³/mol. The van der Waals surface area contributed by atoms with Gasteiger partial charge in [0.25, 0.3) is 0 Å². The number of carbonyl (C=O) groups excluding carboxylic acids is 1. The Morgan fingerprint density at radius 3 is 2.94 bits per heavy atom. The van der Waals surface area contributed by atoms with E-state index in [2.05, 4.69) is 20.2 Å². The van der Waals surface area contributed by atoms with Crippen molar-refractivity contribution in [1.82, 2.24) is 15.3 Å². The van der Waals surface area contributed by atoms with Gasteiger partial charge in [-0.1, -0.05) is 12.1 Å². The minimum atomic E-state index is -0.580. The fourth-order valence-electron chi connectivity index (χ4n) is 4.00. The van der Waals surface area contributed by atoms with Crippen LogP contribution in [0, 0.1) is 18.7 Å². The molecule has 0 spiro atoms. The number of hydrogen-bond acceptors (Lipinski definition) is 7. The Hall–Kier alpha value is -3.46. The highest BCUT2D eigenvalue weighted by molar-refractivity contribution is 5.92. The van der Waals surface area contributed by atoms with Crippen molar-refractivity contribution in [2.45, 2.75) is 13.3 Å². The zero-order valence-electron chi connectivity index (χ0n) is 18.7. The van der Waals surface area contributed by atoms with Gasteiger partial charge in [-0.25, -0.2) is 19.2 Å². The number of anilines is 1. The Labute approximate surface area is 194 Å². The number of rotatable bonds is 7. The van der Waals surface area contributed by atoms with E-state index in [1.807, 2.05) is 25.1 Å². The Morgan fingerprint density at radius 2 is 2.15 bits per heavy atom. The lowest BCUT2D eigenvalue weighted by molar-refractivity contribution is 0.0979. The summed E-state index contributed by atoms with van der Waals surface area (Å²) in [6.45, 7) is 4.40. The van der Waals surface area contributed by atoms with E-state index in [0.717, 1.165) is 23.9 Å². The molecule has 1 aliphatic rings. The van der Waals surface area contributed by atoms with Crippen LogP contribution in [0.2, 0.25) is 0 Å². The molecule has 1 fully saturated rings. The number of aromatic hydroxyl groups is 1. The number of alkyl carbamates (subject to hydrolysis) is 1. The number of aryl methyl sites for hydroxylation is 1. The van der Waals surface area contributed by atoms with Crippen LogP contribution in [0.4, 0.5) is 15.0 Å². The third kappa shape index (κ3) is 5.14. The van der Waals surface area contributed by atoms with Gasteiger partial charge >= 0.3 is 6.09 Å². The number of aromatic nitrogens is 2. The van der Waals surface area contributed by atoms with E-state index >= 15 is 0 Å². The molecule has 0 saturated carbocycles. The van der Waals surface area contributed by atoms with Gasteiger partial charge in [-0.05, 0) is 49.1 Å². The Balaban J connectivity index is 0.00000216. The average molecular weight is 459 g/mol. The van der Waals surface area contributed by atoms with Gasteiger partial charge < -0.3 is 24.8 Å². The predicted octanol–water partition coefficient (Wildman–Crippen LogP) is 4.14. The monoisotopic (exact) mass is 458 g/mol. The summed E-state index contributed by atoms with van der Waals surface area (Å²) >= 11 is 0. The smallest absolute Gasteiger partial charge is 0.407 e. The van der Waals surface area contributed by atoms with Gasteiger partial charge in [0.1, 0.15) is 24.0 Å². The molecule has 3 aromatic rings. The van der Waals surface area contributed by atoms with Crippen molar-refractivity contribution in [2.75, 3.05) is 44.9 Å². The molecule has 1 saturated heterocycles. The number of nitrogens with zero attached hydrogens (tertiary/aromatic N) is 3. The van der Waals surface area contributed by atoms with Crippen molar-refractivity contribution in [3.8, 4) is 17.1 Å². The zero-order chi connectivity index (χ0) is 23.4. The molecule has 1 aliphatic heterocycles. The number of halogens is 1. The Morgan fingerprint density at radius 1 is 1.30 bits per heavy atom. The summed E-state index contributed by atoms with van der Waals surface area (Å²) in [7, 11) is 1.55. The summed E-state index contributed by atoms with van der Waals surface area (Å²) in [6.07, 6.45) is 0.390. The molecular weight excluding hydrogens is 427 g/mol. The standard InChI is InChI=1S/C24H27FN4O4.2H2/c1-15-6-7-17-19(12-15)27-22(21-18(25)4-3-5-20(21)30)28-23(17)29-9-8-16(14-29)13-26-24(31)33-11-10-32-2;;/h3-7,12,16,30H,8-11,13-14H2,1-2H3,(H,26,31);2*1H/t16-;;/m0../s1. The number of carbonyl (C=O) groups is 1. The lowest BCUT2D eigenvalue weighted by atomic mass is 10.1. The van der Waals surface area contributed by atoms with E-state index in [-0.39, 0.29) is 32.5 Å². The third-order valence-corrected chi connectivity index (χ3v) is 5.69. The molecule has 2 aromatic carbocycles. The lowest BCUT2D eigenvalue weighted by Gasteiger charge is -2.21. The lowest BCUT2D eigenvalue weighted by Crippen LogP contribution is -2.32. The van der Waals surface area contributed by atoms with E-state index in [1.165, 1.54) is 18.2 Å². The number of benzene rings is 2. The number of phenols is 1. The number of amides is 1. The summed E-state index contributed by atoms with van der Waals surface area (Å²) in [5, 5.41) is 13.9. The van der Waals surface area contributed by atoms with Gasteiger partial charge in [0.05, 0.1) is 17.7 Å². The number of nitrogens with one attached hydrogen (secondary N) is 1. The van der Waals surface area contributed by atoms with Crippen molar-refractivity contribution in [2.24, 2.45) is 5.92 Å². The number of ether oxygens (including phenoxy) is 2. The third-order valence-electron chi connectivity index (χ3n) is 5.69. The van der Waals surface area contributed by atoms with Gasteiger partial charge in [-0.3, -0.25) is 0 Å². The van der Waals surface area contributed by atoms with Crippen LogP contribution in [0.25, 0.3) is 22.3 Å². The Bertz CT molecular complexity index is 1150. The van der Waals surface area contributed by atoms with E-state index in [0.29, 0.717) is 31.0 Å². The molecule has 2 N–H and O–H groups in total. The van der Waals surface area contributed by atoms with Crippen LogP contribution in [0.5, 0.6) is 5.75 Å². The van der Waals surface area contributed by atoms with Gasteiger partial charge in [0.15, 0.2) is 5.82 Å². The summed E-state index contributed by atoms with van der Waals surface area (Å²) in [6, 6.07) is 10.0. The molecule has 4 rings (SSSR count). The van der Waals surface area contributed by atoms with Crippen LogP contribution in [0.3, 0.4) is 0 Å². The topological polar surface area (TPSA) is 96.8 Å². The highest BCUT2D eigenvalue weighted by Gasteiger charge is 2.27. The highest BCUT2D eigenvalue weighted by atomic mass is 19.1. The second-order valence-corrected chi connectivity index (χ2v) is 8.14. The van der Waals surface area contributed by atoms with E-state index in [1.54, 1.807) is 7.11 Å². The van der Waals surface area contributed by atoms with Gasteiger partial charge in [0, 0.05) is 35.0 Å². The van der Waals surface area contributed by atoms with Gasteiger partial charge in [-0.2, -0.15) is 0 Å². The number of methoxy groups -OCH3 is 1. The molecule has 0 radical (unpaired) electrons. The molecule has 178 valence electrons. The SMILES string of the molecule is COCCOC(=O)NC[C@@H]1CCN(c2nc(-c3c(O)cccc3F)nc3cc(C)ccc23)C1.[HH].[HH]. The van der Waals surface area contributed by atoms with Crippen molar-refractivity contribution >= 4 is 22.8 Å². The quantitative estimate of drug-likeness (QED) is 0.514. The first-order valence-electron chi connectivity index (χ1n) is 10.9. The molecule has 9 heteroatoms. The maximum Gasteiger partial charge on any atom is 0.407 e. The molecule has 33 heavy (non-hydrogen) atoms. The molecule has 1 aromatic heterocycles. The van der Waals surface area contributed by atoms with E-state index in [9.17, 15) is 14.3 Å². The van der Waals surface area contributed by atoms with Crippen molar-refractivity contribution in [3.63, 3.8) is 0 Å². The minimum Gasteiger partial charge on any atom is -0.507 e. The van der Waals surface area contributed by atoms with Crippen LogP contribution < -0.4 is 10.2 Å². The summed E-state index contributed by atoms with van der Waals surface area (Å²) in [5.74, 6) is 0.248.